The van der Waals surface area contributed by atoms with Crippen LogP contribution in [0, 0.1) is 20.8 Å². The van der Waals surface area contributed by atoms with Gasteiger partial charge in [-0.3, -0.25) is 14.4 Å². The van der Waals surface area contributed by atoms with Gasteiger partial charge < -0.3 is 24.6 Å². The summed E-state index contributed by atoms with van der Waals surface area (Å²) in [5.74, 6) is 0.836. The fourth-order valence-electron chi connectivity index (χ4n) is 3.89. The highest BCUT2D eigenvalue weighted by molar-refractivity contribution is 6.02. The largest absolute Gasteiger partial charge is 0.485 e. The number of carbonyl (C=O) groups is 3. The molecular formula is C27H35N3O5. The van der Waals surface area contributed by atoms with Crippen molar-refractivity contribution in [1.82, 2.24) is 10.2 Å². The molecule has 0 radical (unpaired) electrons. The van der Waals surface area contributed by atoms with Gasteiger partial charge in [0.05, 0.1) is 5.69 Å². The third-order valence-corrected chi connectivity index (χ3v) is 6.11. The van der Waals surface area contributed by atoms with Crippen LogP contribution in [0.4, 0.5) is 5.69 Å². The molecule has 2 amide bonds. The second-order valence-corrected chi connectivity index (χ2v) is 9.14. The number of benzene rings is 2. The Hall–Kier alpha value is -3.39. The van der Waals surface area contributed by atoms with Crippen LogP contribution in [0.3, 0.4) is 0 Å². The molecule has 3 rings (SSSR count). The second-order valence-electron chi connectivity index (χ2n) is 9.14. The Kier molecular flexibility index (Phi) is 8.87. The van der Waals surface area contributed by atoms with Gasteiger partial charge >= 0.3 is 0 Å². The van der Waals surface area contributed by atoms with Gasteiger partial charge in [-0.1, -0.05) is 12.1 Å². The van der Waals surface area contributed by atoms with E-state index in [2.05, 4.69) is 5.32 Å². The second kappa shape index (κ2) is 11.8. The van der Waals surface area contributed by atoms with Gasteiger partial charge in [-0.15, -0.1) is 0 Å². The fourth-order valence-corrected chi connectivity index (χ4v) is 3.89. The van der Waals surface area contributed by atoms with E-state index in [1.165, 1.54) is 0 Å². The Morgan fingerprint density at radius 1 is 1.11 bits per heavy atom. The number of nitrogens with zero attached hydrogens (tertiary/aromatic N) is 2. The number of hydrogen-bond acceptors (Lipinski definition) is 6. The average Bonchev–Trinajstić information content (AvgIpc) is 2.82. The van der Waals surface area contributed by atoms with E-state index >= 15 is 0 Å². The maximum Gasteiger partial charge on any atom is 0.265 e. The van der Waals surface area contributed by atoms with E-state index in [1.807, 2.05) is 51.9 Å². The first-order valence-electron chi connectivity index (χ1n) is 11.9. The van der Waals surface area contributed by atoms with Gasteiger partial charge in [0, 0.05) is 31.6 Å². The lowest BCUT2D eigenvalue weighted by molar-refractivity contribution is -0.122. The number of rotatable bonds is 11. The van der Waals surface area contributed by atoms with E-state index in [0.717, 1.165) is 29.0 Å². The standard InChI is InChI=1S/C27H35N3O5/c1-18-8-9-19(2)27(20(18)3)35-16-23(31)21-10-11-24-22(15-21)30(26(33)17-34-24)13-6-7-25(32)28-12-14-29(4)5/h8-11,15H,6-7,12-14,16-17H2,1-5H3,(H,28,32). The smallest absolute Gasteiger partial charge is 0.265 e. The molecule has 1 N–H and O–H groups in total. The van der Waals surface area contributed by atoms with Crippen LogP contribution in [0.25, 0.3) is 0 Å². The Balaban J connectivity index is 1.64. The third-order valence-electron chi connectivity index (χ3n) is 6.11. The van der Waals surface area contributed by atoms with Crippen molar-refractivity contribution >= 4 is 23.3 Å². The predicted molar refractivity (Wildman–Crippen MR) is 136 cm³/mol. The summed E-state index contributed by atoms with van der Waals surface area (Å²) in [5, 5.41) is 2.88. The Morgan fingerprint density at radius 2 is 1.86 bits per heavy atom. The van der Waals surface area contributed by atoms with Crippen molar-refractivity contribution in [2.45, 2.75) is 33.6 Å². The third kappa shape index (κ3) is 6.82. The quantitative estimate of drug-likeness (QED) is 0.497. The zero-order valence-corrected chi connectivity index (χ0v) is 21.3. The highest BCUT2D eigenvalue weighted by atomic mass is 16.5. The van der Waals surface area contributed by atoms with Crippen molar-refractivity contribution in [2.24, 2.45) is 0 Å². The maximum atomic E-state index is 12.9. The van der Waals surface area contributed by atoms with Gasteiger partial charge in [0.2, 0.25) is 5.91 Å². The summed E-state index contributed by atoms with van der Waals surface area (Å²) in [6.45, 7) is 7.48. The molecule has 35 heavy (non-hydrogen) atoms. The van der Waals surface area contributed by atoms with Gasteiger partial charge in [0.1, 0.15) is 11.5 Å². The number of fused-ring (bicyclic) bond motifs is 1. The van der Waals surface area contributed by atoms with E-state index in [-0.39, 0.29) is 30.8 Å². The first kappa shape index (κ1) is 26.2. The molecule has 0 atom stereocenters. The molecule has 0 unspecified atom stereocenters. The molecule has 8 heteroatoms. The summed E-state index contributed by atoms with van der Waals surface area (Å²) in [7, 11) is 3.90. The summed E-state index contributed by atoms with van der Waals surface area (Å²) in [4.78, 5) is 41.2. The first-order valence-corrected chi connectivity index (χ1v) is 11.9. The molecular weight excluding hydrogens is 446 g/mol. The number of carbonyl (C=O) groups excluding carboxylic acids is 3. The van der Waals surface area contributed by atoms with Crippen LogP contribution >= 0.6 is 0 Å². The molecule has 8 nitrogen and oxygen atoms in total. The summed E-state index contributed by atoms with van der Waals surface area (Å²) < 4.78 is 11.4. The van der Waals surface area contributed by atoms with E-state index < -0.39 is 0 Å². The number of Topliss-reactive ketones (excluding diaryl/α,β-unsaturated/α-hetero) is 1. The number of ketones is 1. The molecule has 0 fully saturated rings. The predicted octanol–water partition coefficient (Wildman–Crippen LogP) is 3.06. The molecule has 0 saturated carbocycles. The summed E-state index contributed by atoms with van der Waals surface area (Å²) in [6.07, 6.45) is 0.821. The van der Waals surface area contributed by atoms with Gasteiger partial charge in [-0.25, -0.2) is 0 Å². The van der Waals surface area contributed by atoms with Gasteiger partial charge in [-0.05, 0) is 76.2 Å². The van der Waals surface area contributed by atoms with Crippen molar-refractivity contribution in [3.63, 3.8) is 0 Å². The molecule has 188 valence electrons. The van der Waals surface area contributed by atoms with E-state index in [4.69, 9.17) is 9.47 Å². The van der Waals surface area contributed by atoms with Crippen LogP contribution in [0.1, 0.15) is 39.9 Å². The number of aryl methyl sites for hydroxylation is 2. The van der Waals surface area contributed by atoms with E-state index in [0.29, 0.717) is 42.9 Å². The van der Waals surface area contributed by atoms with Crippen LogP contribution in [0.2, 0.25) is 0 Å². The summed E-state index contributed by atoms with van der Waals surface area (Å²) in [5.41, 5.74) is 4.07. The van der Waals surface area contributed by atoms with Crippen LogP contribution in [0.15, 0.2) is 30.3 Å². The van der Waals surface area contributed by atoms with Crippen LogP contribution in [0.5, 0.6) is 11.5 Å². The van der Waals surface area contributed by atoms with Gasteiger partial charge in [-0.2, -0.15) is 0 Å². The van der Waals surface area contributed by atoms with Crippen molar-refractivity contribution in [3.8, 4) is 11.5 Å². The molecule has 1 aliphatic rings. The SMILES string of the molecule is Cc1ccc(C)c(OCC(=O)c2ccc3c(c2)N(CCCC(=O)NCCN(C)C)C(=O)CO3)c1C. The van der Waals surface area contributed by atoms with Crippen LogP contribution in [-0.2, 0) is 9.59 Å². The Morgan fingerprint density at radius 3 is 2.60 bits per heavy atom. The normalized spacial score (nSPS) is 12.9. The molecule has 2 aromatic carbocycles. The fraction of sp³-hybridized carbons (Fsp3) is 0.444. The molecule has 0 aromatic heterocycles. The van der Waals surface area contributed by atoms with Crippen LogP contribution in [-0.4, -0.2) is 69.4 Å². The Bertz CT molecular complexity index is 1100. The van der Waals surface area contributed by atoms with Crippen LogP contribution < -0.4 is 19.7 Å². The minimum absolute atomic E-state index is 0.0457. The minimum atomic E-state index is -0.197. The lowest BCUT2D eigenvalue weighted by Crippen LogP contribution is -2.40. The Labute approximate surface area is 207 Å². The topological polar surface area (TPSA) is 88.2 Å². The number of likely N-dealkylation sites (N-methyl/N-ethyl adjacent to an activating group) is 1. The number of hydrogen-bond donors (Lipinski definition) is 1. The number of ether oxygens (including phenoxy) is 2. The van der Waals surface area contributed by atoms with Gasteiger partial charge in [0.25, 0.3) is 5.91 Å². The van der Waals surface area contributed by atoms with E-state index in [1.54, 1.807) is 23.1 Å². The molecule has 0 saturated heterocycles. The van der Waals surface area contributed by atoms with Crippen molar-refractivity contribution in [1.29, 1.82) is 0 Å². The number of amides is 2. The molecule has 0 spiro atoms. The average molecular weight is 482 g/mol. The van der Waals surface area contributed by atoms with Crippen molar-refractivity contribution < 1.29 is 23.9 Å². The molecule has 2 aromatic rings. The highest BCUT2D eigenvalue weighted by Gasteiger charge is 2.26. The molecule has 1 aliphatic heterocycles. The molecule has 0 bridgehead atoms. The molecule has 0 aliphatic carbocycles. The van der Waals surface area contributed by atoms with Crippen molar-refractivity contribution in [2.75, 3.05) is 51.8 Å². The number of anilines is 1. The first-order chi connectivity index (χ1) is 16.7. The summed E-state index contributed by atoms with van der Waals surface area (Å²) >= 11 is 0. The lowest BCUT2D eigenvalue weighted by Gasteiger charge is -2.29. The number of nitrogens with one attached hydrogen (secondary N) is 1. The van der Waals surface area contributed by atoms with Gasteiger partial charge in [0.15, 0.2) is 19.0 Å². The maximum absolute atomic E-state index is 12.9. The minimum Gasteiger partial charge on any atom is -0.485 e. The monoisotopic (exact) mass is 481 g/mol. The summed E-state index contributed by atoms with van der Waals surface area (Å²) in [6, 6.07) is 9.07. The zero-order chi connectivity index (χ0) is 25.5. The van der Waals surface area contributed by atoms with Crippen molar-refractivity contribution in [3.05, 3.63) is 52.6 Å². The molecule has 1 heterocycles. The van der Waals surface area contributed by atoms with E-state index in [9.17, 15) is 14.4 Å². The zero-order valence-electron chi connectivity index (χ0n) is 21.3. The highest BCUT2D eigenvalue weighted by Crippen LogP contribution is 2.33. The lowest BCUT2D eigenvalue weighted by atomic mass is 10.1.